The van der Waals surface area contributed by atoms with Crippen molar-refractivity contribution in [2.75, 3.05) is 6.54 Å². The smallest absolute Gasteiger partial charge is 0.335 e. The summed E-state index contributed by atoms with van der Waals surface area (Å²) >= 11 is 0. The highest BCUT2D eigenvalue weighted by atomic mass is 16.4. The maximum Gasteiger partial charge on any atom is 0.335 e. The third kappa shape index (κ3) is 5.29. The summed E-state index contributed by atoms with van der Waals surface area (Å²) in [5, 5.41) is 21.7. The van der Waals surface area contributed by atoms with Gasteiger partial charge in [0.1, 0.15) is 0 Å². The number of aliphatic hydroxyl groups is 1. The van der Waals surface area contributed by atoms with Crippen LogP contribution in [0.3, 0.4) is 0 Å². The molecule has 0 spiro atoms. The van der Waals surface area contributed by atoms with Crippen LogP contribution in [0.15, 0.2) is 24.3 Å². The Balaban J connectivity index is 2.39. The lowest BCUT2D eigenvalue weighted by molar-refractivity contribution is 0.0696. The first-order valence-electron chi connectivity index (χ1n) is 6.20. The van der Waals surface area contributed by atoms with Crippen molar-refractivity contribution in [3.05, 3.63) is 35.4 Å². The lowest BCUT2D eigenvalue weighted by Gasteiger charge is -2.13. The number of carbonyl (C=O) groups is 1. The van der Waals surface area contributed by atoms with Gasteiger partial charge < -0.3 is 15.5 Å². The molecule has 0 fully saturated rings. The molecule has 0 saturated carbocycles. The number of hydrogen-bond acceptors (Lipinski definition) is 3. The van der Waals surface area contributed by atoms with Crippen molar-refractivity contribution in [1.29, 1.82) is 0 Å². The number of benzene rings is 1. The highest BCUT2D eigenvalue weighted by Gasteiger charge is 2.07. The van der Waals surface area contributed by atoms with Crippen LogP contribution in [0.25, 0.3) is 0 Å². The minimum Gasteiger partial charge on any atom is -0.478 e. The van der Waals surface area contributed by atoms with E-state index in [0.29, 0.717) is 19.0 Å². The summed E-state index contributed by atoms with van der Waals surface area (Å²) in [5.74, 6) is -0.450. The van der Waals surface area contributed by atoms with Crippen molar-refractivity contribution in [1.82, 2.24) is 5.32 Å². The summed E-state index contributed by atoms with van der Waals surface area (Å²) in [6, 6.07) is 6.81. The van der Waals surface area contributed by atoms with E-state index in [0.717, 1.165) is 12.0 Å². The first-order valence-corrected chi connectivity index (χ1v) is 6.20. The molecule has 3 N–H and O–H groups in total. The number of aromatic carboxylic acids is 1. The van der Waals surface area contributed by atoms with Crippen LogP contribution in [0.5, 0.6) is 0 Å². The summed E-state index contributed by atoms with van der Waals surface area (Å²) < 4.78 is 0. The van der Waals surface area contributed by atoms with E-state index in [4.69, 9.17) is 5.11 Å². The van der Waals surface area contributed by atoms with Gasteiger partial charge in [-0.2, -0.15) is 0 Å². The Kier molecular flexibility index (Phi) is 5.82. The number of nitrogens with one attached hydrogen (secondary N) is 1. The van der Waals surface area contributed by atoms with Gasteiger partial charge in [0.15, 0.2) is 0 Å². The quantitative estimate of drug-likeness (QED) is 0.692. The minimum absolute atomic E-state index is 0.289. The standard InChI is InChI=1S/C14H21NO3/c1-10(2)6-13(16)9-15-8-11-4-3-5-12(7-11)14(17)18/h3-5,7,10,13,15-16H,6,8-9H2,1-2H3,(H,17,18). The molecule has 18 heavy (non-hydrogen) atoms. The van der Waals surface area contributed by atoms with Gasteiger partial charge in [0.05, 0.1) is 11.7 Å². The molecule has 1 aromatic carbocycles. The van der Waals surface area contributed by atoms with E-state index >= 15 is 0 Å². The SMILES string of the molecule is CC(C)CC(O)CNCc1cccc(C(=O)O)c1. The van der Waals surface area contributed by atoms with E-state index in [1.54, 1.807) is 18.2 Å². The van der Waals surface area contributed by atoms with Crippen molar-refractivity contribution in [3.63, 3.8) is 0 Å². The molecule has 4 nitrogen and oxygen atoms in total. The number of carboxylic acid groups (broad SMARTS) is 1. The fraction of sp³-hybridized carbons (Fsp3) is 0.500. The fourth-order valence-corrected chi connectivity index (χ4v) is 1.82. The largest absolute Gasteiger partial charge is 0.478 e. The third-order valence-corrected chi connectivity index (χ3v) is 2.63. The zero-order valence-corrected chi connectivity index (χ0v) is 10.9. The van der Waals surface area contributed by atoms with Gasteiger partial charge in [0.2, 0.25) is 0 Å². The lowest BCUT2D eigenvalue weighted by atomic mass is 10.1. The maximum absolute atomic E-state index is 10.8. The molecule has 1 aromatic rings. The normalized spacial score (nSPS) is 12.7. The third-order valence-electron chi connectivity index (χ3n) is 2.63. The van der Waals surface area contributed by atoms with Crippen LogP contribution in [0.2, 0.25) is 0 Å². The molecule has 0 aliphatic carbocycles. The van der Waals surface area contributed by atoms with E-state index in [9.17, 15) is 9.90 Å². The van der Waals surface area contributed by atoms with E-state index in [1.165, 1.54) is 0 Å². The molecule has 0 amide bonds. The predicted octanol–water partition coefficient (Wildman–Crippen LogP) is 1.88. The zero-order chi connectivity index (χ0) is 13.5. The molecule has 1 unspecified atom stereocenters. The van der Waals surface area contributed by atoms with E-state index < -0.39 is 5.97 Å². The van der Waals surface area contributed by atoms with Gasteiger partial charge >= 0.3 is 5.97 Å². The Morgan fingerprint density at radius 3 is 2.72 bits per heavy atom. The van der Waals surface area contributed by atoms with Crippen molar-refractivity contribution in [2.45, 2.75) is 32.9 Å². The summed E-state index contributed by atoms with van der Waals surface area (Å²) in [6.07, 6.45) is 0.412. The van der Waals surface area contributed by atoms with E-state index in [2.05, 4.69) is 19.2 Å². The zero-order valence-electron chi connectivity index (χ0n) is 10.9. The van der Waals surface area contributed by atoms with E-state index in [-0.39, 0.29) is 11.7 Å². The average Bonchev–Trinajstić information content (AvgIpc) is 2.28. The molecule has 0 aromatic heterocycles. The van der Waals surface area contributed by atoms with Crippen molar-refractivity contribution >= 4 is 5.97 Å². The summed E-state index contributed by atoms with van der Waals surface area (Å²) in [5.41, 5.74) is 1.20. The van der Waals surface area contributed by atoms with Crippen LogP contribution in [0.4, 0.5) is 0 Å². The van der Waals surface area contributed by atoms with Crippen LogP contribution in [-0.4, -0.2) is 28.8 Å². The molecular formula is C14H21NO3. The van der Waals surface area contributed by atoms with Gasteiger partial charge in [0.25, 0.3) is 0 Å². The van der Waals surface area contributed by atoms with Crippen molar-refractivity contribution in [2.24, 2.45) is 5.92 Å². The molecule has 0 saturated heterocycles. The van der Waals surface area contributed by atoms with Crippen LogP contribution in [0, 0.1) is 5.92 Å². The van der Waals surface area contributed by atoms with Crippen molar-refractivity contribution < 1.29 is 15.0 Å². The Morgan fingerprint density at radius 1 is 1.39 bits per heavy atom. The average molecular weight is 251 g/mol. The molecule has 0 bridgehead atoms. The Morgan fingerprint density at radius 2 is 2.11 bits per heavy atom. The summed E-state index contributed by atoms with van der Waals surface area (Å²) in [7, 11) is 0. The first kappa shape index (κ1) is 14.7. The molecule has 1 rings (SSSR count). The molecule has 0 aliphatic rings. The molecule has 1 atom stereocenters. The number of hydrogen-bond donors (Lipinski definition) is 3. The Hall–Kier alpha value is -1.39. The molecule has 100 valence electrons. The molecule has 0 radical (unpaired) electrons. The van der Waals surface area contributed by atoms with Gasteiger partial charge in [-0.3, -0.25) is 0 Å². The van der Waals surface area contributed by atoms with Crippen LogP contribution in [-0.2, 0) is 6.54 Å². The molecule has 4 heteroatoms. The topological polar surface area (TPSA) is 69.6 Å². The minimum atomic E-state index is -0.920. The maximum atomic E-state index is 10.8. The highest BCUT2D eigenvalue weighted by molar-refractivity contribution is 5.87. The Labute approximate surface area is 108 Å². The van der Waals surface area contributed by atoms with Gasteiger partial charge in [0, 0.05) is 13.1 Å². The highest BCUT2D eigenvalue weighted by Crippen LogP contribution is 2.06. The molecular weight excluding hydrogens is 230 g/mol. The number of carboxylic acids is 1. The van der Waals surface area contributed by atoms with Crippen LogP contribution >= 0.6 is 0 Å². The summed E-state index contributed by atoms with van der Waals surface area (Å²) in [6.45, 7) is 5.23. The number of rotatable bonds is 7. The number of aliphatic hydroxyl groups excluding tert-OH is 1. The first-order chi connectivity index (χ1) is 8.49. The van der Waals surface area contributed by atoms with E-state index in [1.807, 2.05) is 6.07 Å². The predicted molar refractivity (Wildman–Crippen MR) is 70.6 cm³/mol. The monoisotopic (exact) mass is 251 g/mol. The Bertz CT molecular complexity index is 390. The van der Waals surface area contributed by atoms with Crippen LogP contribution < -0.4 is 5.32 Å². The second kappa shape index (κ2) is 7.13. The lowest BCUT2D eigenvalue weighted by Crippen LogP contribution is -2.27. The van der Waals surface area contributed by atoms with Crippen LogP contribution in [0.1, 0.15) is 36.2 Å². The molecule has 0 aliphatic heterocycles. The second-order valence-electron chi connectivity index (χ2n) is 4.92. The van der Waals surface area contributed by atoms with Gasteiger partial charge in [-0.15, -0.1) is 0 Å². The van der Waals surface area contributed by atoms with Gasteiger partial charge in [-0.25, -0.2) is 4.79 Å². The fourth-order valence-electron chi connectivity index (χ4n) is 1.82. The summed E-state index contributed by atoms with van der Waals surface area (Å²) in [4.78, 5) is 10.8. The molecule has 0 heterocycles. The van der Waals surface area contributed by atoms with Crippen molar-refractivity contribution in [3.8, 4) is 0 Å². The van der Waals surface area contributed by atoms with Gasteiger partial charge in [-0.05, 0) is 30.0 Å². The van der Waals surface area contributed by atoms with Gasteiger partial charge in [-0.1, -0.05) is 26.0 Å². The second-order valence-corrected chi connectivity index (χ2v) is 4.92.